The normalized spacial score (nSPS) is 10.1. The number of anilines is 1. The lowest BCUT2D eigenvalue weighted by Crippen LogP contribution is -2.15. The molecule has 0 radical (unpaired) electrons. The van der Waals surface area contributed by atoms with Crippen molar-refractivity contribution in [3.63, 3.8) is 0 Å². The van der Waals surface area contributed by atoms with Crippen molar-refractivity contribution < 1.29 is 19.1 Å². The molecule has 0 aliphatic carbocycles. The summed E-state index contributed by atoms with van der Waals surface area (Å²) in [6.45, 7) is 1.75. The standard InChI is InChI=1S/C14H11NO5/c1-8-2-4-11(10(6-8)14(18)19)15-13(17)9-3-5-12(16)20-7-9/h2-7H,1H3,(H,15,17)(H,18,19). The molecule has 1 heterocycles. The molecule has 0 saturated heterocycles. The van der Waals surface area contributed by atoms with E-state index < -0.39 is 17.5 Å². The Morgan fingerprint density at radius 1 is 1.20 bits per heavy atom. The van der Waals surface area contributed by atoms with Gasteiger partial charge in [-0.1, -0.05) is 11.6 Å². The van der Waals surface area contributed by atoms with Crippen LogP contribution < -0.4 is 10.9 Å². The molecule has 0 aliphatic heterocycles. The van der Waals surface area contributed by atoms with Crippen molar-refractivity contribution in [2.45, 2.75) is 6.92 Å². The van der Waals surface area contributed by atoms with E-state index in [1.807, 2.05) is 0 Å². The van der Waals surface area contributed by atoms with Gasteiger partial charge in [-0.2, -0.15) is 0 Å². The van der Waals surface area contributed by atoms with Gasteiger partial charge in [-0.25, -0.2) is 9.59 Å². The smallest absolute Gasteiger partial charge is 0.337 e. The zero-order valence-corrected chi connectivity index (χ0v) is 10.5. The van der Waals surface area contributed by atoms with Crippen LogP contribution in [0.5, 0.6) is 0 Å². The molecule has 0 aliphatic rings. The van der Waals surface area contributed by atoms with E-state index in [0.29, 0.717) is 0 Å². The first kappa shape index (κ1) is 13.5. The average molecular weight is 273 g/mol. The monoisotopic (exact) mass is 273 g/mol. The van der Waals surface area contributed by atoms with E-state index >= 15 is 0 Å². The number of carboxylic acid groups (broad SMARTS) is 1. The molecular weight excluding hydrogens is 262 g/mol. The summed E-state index contributed by atoms with van der Waals surface area (Å²) in [5, 5.41) is 11.6. The van der Waals surface area contributed by atoms with Crippen molar-refractivity contribution >= 4 is 17.6 Å². The summed E-state index contributed by atoms with van der Waals surface area (Å²) >= 11 is 0. The summed E-state index contributed by atoms with van der Waals surface area (Å²) in [5.41, 5.74) is 0.505. The molecule has 0 spiro atoms. The van der Waals surface area contributed by atoms with Gasteiger partial charge in [0, 0.05) is 6.07 Å². The third kappa shape index (κ3) is 2.92. The van der Waals surface area contributed by atoms with Crippen LogP contribution in [0.2, 0.25) is 0 Å². The van der Waals surface area contributed by atoms with Crippen LogP contribution in [-0.4, -0.2) is 17.0 Å². The van der Waals surface area contributed by atoms with Crippen LogP contribution >= 0.6 is 0 Å². The maximum absolute atomic E-state index is 11.9. The zero-order chi connectivity index (χ0) is 14.7. The van der Waals surface area contributed by atoms with Crippen molar-refractivity contribution in [2.24, 2.45) is 0 Å². The van der Waals surface area contributed by atoms with Gasteiger partial charge in [-0.15, -0.1) is 0 Å². The topological polar surface area (TPSA) is 96.6 Å². The molecule has 1 aromatic heterocycles. The molecular formula is C14H11NO5. The van der Waals surface area contributed by atoms with Gasteiger partial charge in [0.1, 0.15) is 6.26 Å². The molecule has 0 unspecified atom stereocenters. The summed E-state index contributed by atoms with van der Waals surface area (Å²) in [7, 11) is 0. The summed E-state index contributed by atoms with van der Waals surface area (Å²) in [5.74, 6) is -1.69. The highest BCUT2D eigenvalue weighted by atomic mass is 16.4. The third-order valence-electron chi connectivity index (χ3n) is 2.62. The lowest BCUT2D eigenvalue weighted by molar-refractivity contribution is 0.0698. The Bertz CT molecular complexity index is 712. The Morgan fingerprint density at radius 2 is 1.95 bits per heavy atom. The van der Waals surface area contributed by atoms with Gasteiger partial charge in [0.15, 0.2) is 0 Å². The molecule has 2 aromatic rings. The Hall–Kier alpha value is -2.89. The van der Waals surface area contributed by atoms with Gasteiger partial charge in [0.2, 0.25) is 0 Å². The average Bonchev–Trinajstić information content (AvgIpc) is 2.41. The van der Waals surface area contributed by atoms with E-state index in [9.17, 15) is 14.4 Å². The predicted octanol–water partition coefficient (Wildman–Crippen LogP) is 1.90. The van der Waals surface area contributed by atoms with E-state index in [2.05, 4.69) is 9.73 Å². The first-order chi connectivity index (χ1) is 9.47. The molecule has 20 heavy (non-hydrogen) atoms. The lowest BCUT2D eigenvalue weighted by atomic mass is 10.1. The van der Waals surface area contributed by atoms with E-state index in [-0.39, 0.29) is 16.8 Å². The molecule has 0 fully saturated rings. The van der Waals surface area contributed by atoms with Crippen LogP contribution in [0.4, 0.5) is 5.69 Å². The first-order valence-electron chi connectivity index (χ1n) is 5.71. The molecule has 0 saturated carbocycles. The highest BCUT2D eigenvalue weighted by Gasteiger charge is 2.14. The number of carbonyl (C=O) groups excluding carboxylic acids is 1. The van der Waals surface area contributed by atoms with E-state index in [4.69, 9.17) is 5.11 Å². The van der Waals surface area contributed by atoms with E-state index in [0.717, 1.165) is 17.9 Å². The van der Waals surface area contributed by atoms with Crippen LogP contribution in [0.3, 0.4) is 0 Å². The fraction of sp³-hybridized carbons (Fsp3) is 0.0714. The van der Waals surface area contributed by atoms with Crippen molar-refractivity contribution in [1.82, 2.24) is 0 Å². The Balaban J connectivity index is 2.30. The second kappa shape index (κ2) is 5.40. The third-order valence-corrected chi connectivity index (χ3v) is 2.62. The van der Waals surface area contributed by atoms with Crippen LogP contribution in [-0.2, 0) is 0 Å². The molecule has 6 nitrogen and oxygen atoms in total. The molecule has 0 atom stereocenters. The molecule has 1 aromatic carbocycles. The number of benzene rings is 1. The minimum Gasteiger partial charge on any atom is -0.478 e. The van der Waals surface area contributed by atoms with Gasteiger partial charge in [0.25, 0.3) is 5.91 Å². The van der Waals surface area contributed by atoms with Gasteiger partial charge >= 0.3 is 11.6 Å². The van der Waals surface area contributed by atoms with Crippen molar-refractivity contribution in [3.05, 3.63) is 63.7 Å². The Kier molecular flexibility index (Phi) is 3.65. The maximum atomic E-state index is 11.9. The minimum absolute atomic E-state index is 0.00395. The Morgan fingerprint density at radius 3 is 2.55 bits per heavy atom. The van der Waals surface area contributed by atoms with Crippen LogP contribution in [0.15, 0.2) is 45.8 Å². The molecule has 1 amide bonds. The number of carboxylic acids is 1. The number of amides is 1. The fourth-order valence-corrected chi connectivity index (χ4v) is 1.63. The van der Waals surface area contributed by atoms with E-state index in [1.165, 1.54) is 18.2 Å². The second-order valence-corrected chi connectivity index (χ2v) is 4.15. The molecule has 2 rings (SSSR count). The first-order valence-corrected chi connectivity index (χ1v) is 5.71. The number of rotatable bonds is 3. The number of aryl methyl sites for hydroxylation is 1. The predicted molar refractivity (Wildman–Crippen MR) is 71.1 cm³/mol. The number of nitrogens with one attached hydrogen (secondary N) is 1. The zero-order valence-electron chi connectivity index (χ0n) is 10.5. The highest BCUT2D eigenvalue weighted by molar-refractivity contribution is 6.07. The van der Waals surface area contributed by atoms with Crippen molar-refractivity contribution in [3.8, 4) is 0 Å². The van der Waals surface area contributed by atoms with Crippen molar-refractivity contribution in [2.75, 3.05) is 5.32 Å². The van der Waals surface area contributed by atoms with Crippen LogP contribution in [0.25, 0.3) is 0 Å². The van der Waals surface area contributed by atoms with Gasteiger partial charge < -0.3 is 14.8 Å². The molecule has 102 valence electrons. The number of aromatic carboxylic acids is 1. The van der Waals surface area contributed by atoms with Crippen molar-refractivity contribution in [1.29, 1.82) is 0 Å². The number of carbonyl (C=O) groups is 2. The largest absolute Gasteiger partial charge is 0.478 e. The summed E-state index contributed by atoms with van der Waals surface area (Å²) < 4.78 is 4.58. The van der Waals surface area contributed by atoms with Gasteiger partial charge in [-0.05, 0) is 25.1 Å². The SMILES string of the molecule is Cc1ccc(NC(=O)c2ccc(=O)oc2)c(C(=O)O)c1. The fourth-order valence-electron chi connectivity index (χ4n) is 1.63. The molecule has 6 heteroatoms. The molecule has 2 N–H and O–H groups in total. The van der Waals surface area contributed by atoms with Crippen LogP contribution in [0, 0.1) is 6.92 Å². The number of hydrogen-bond donors (Lipinski definition) is 2. The maximum Gasteiger partial charge on any atom is 0.337 e. The van der Waals surface area contributed by atoms with Crippen LogP contribution in [0.1, 0.15) is 26.3 Å². The number of hydrogen-bond acceptors (Lipinski definition) is 4. The highest BCUT2D eigenvalue weighted by Crippen LogP contribution is 2.18. The lowest BCUT2D eigenvalue weighted by Gasteiger charge is -2.08. The molecule has 0 bridgehead atoms. The van der Waals surface area contributed by atoms with Gasteiger partial charge in [-0.3, -0.25) is 4.79 Å². The summed E-state index contributed by atoms with van der Waals surface area (Å²) in [6.07, 6.45) is 1.02. The Labute approximate surface area is 113 Å². The quantitative estimate of drug-likeness (QED) is 0.890. The van der Waals surface area contributed by atoms with E-state index in [1.54, 1.807) is 13.0 Å². The summed E-state index contributed by atoms with van der Waals surface area (Å²) in [6, 6.07) is 7.07. The second-order valence-electron chi connectivity index (χ2n) is 4.15. The van der Waals surface area contributed by atoms with Gasteiger partial charge in [0.05, 0.1) is 16.8 Å². The summed E-state index contributed by atoms with van der Waals surface area (Å²) in [4.78, 5) is 33.9. The minimum atomic E-state index is -1.14.